The van der Waals surface area contributed by atoms with Crippen molar-refractivity contribution < 1.29 is 4.74 Å². The smallest absolute Gasteiger partial charge is 0.268 e. The molecule has 8 heteroatoms. The van der Waals surface area contributed by atoms with Crippen LogP contribution in [0.4, 0.5) is 0 Å². The monoisotopic (exact) mass is 576 g/mol. The van der Waals surface area contributed by atoms with Crippen molar-refractivity contribution in [2.45, 2.75) is 26.4 Å². The molecule has 210 valence electrons. The second-order valence-electron chi connectivity index (χ2n) is 10.4. The number of ether oxygens (including phenoxy) is 1. The fraction of sp³-hybridized carbons (Fsp3) is 0.118. The Morgan fingerprint density at radius 1 is 0.667 bits per heavy atom. The van der Waals surface area contributed by atoms with Crippen molar-refractivity contribution in [2.24, 2.45) is 0 Å². The maximum Gasteiger partial charge on any atom is 0.268 e. The molecule has 4 N–H and O–H groups in total. The van der Waals surface area contributed by atoms with Gasteiger partial charge < -0.3 is 4.74 Å². The van der Waals surface area contributed by atoms with Crippen molar-refractivity contribution in [3.8, 4) is 28.3 Å². The summed E-state index contributed by atoms with van der Waals surface area (Å²) in [4.78, 5) is 27.3. The van der Waals surface area contributed by atoms with E-state index in [-0.39, 0.29) is 17.7 Å². The molecule has 0 spiro atoms. The summed E-state index contributed by atoms with van der Waals surface area (Å²) in [5, 5.41) is 12.3. The van der Waals surface area contributed by atoms with E-state index in [1.807, 2.05) is 111 Å². The summed E-state index contributed by atoms with van der Waals surface area (Å²) in [6, 6.07) is 30.8. The molecule has 0 fully saturated rings. The normalized spacial score (nSPS) is 11.2. The highest BCUT2D eigenvalue weighted by molar-refractivity contribution is 6.30. The predicted octanol–water partition coefficient (Wildman–Crippen LogP) is 7.08. The lowest BCUT2D eigenvalue weighted by Gasteiger charge is -2.21. The average Bonchev–Trinajstić information content (AvgIpc) is 3.56. The first-order chi connectivity index (χ1) is 20.4. The Morgan fingerprint density at radius 2 is 1.21 bits per heavy atom. The number of rotatable bonds is 8. The van der Waals surface area contributed by atoms with E-state index < -0.39 is 5.92 Å². The minimum absolute atomic E-state index is 0.257. The van der Waals surface area contributed by atoms with Gasteiger partial charge in [-0.1, -0.05) is 102 Å². The van der Waals surface area contributed by atoms with Gasteiger partial charge in [-0.25, -0.2) is 0 Å². The summed E-state index contributed by atoms with van der Waals surface area (Å²) < 4.78 is 6.35. The third-order valence-corrected chi connectivity index (χ3v) is 7.64. The van der Waals surface area contributed by atoms with Gasteiger partial charge in [0.05, 0.1) is 28.4 Å². The highest BCUT2D eigenvalue weighted by Gasteiger charge is 2.33. The molecule has 0 amide bonds. The molecule has 0 aliphatic heterocycles. The van der Waals surface area contributed by atoms with Crippen LogP contribution in [-0.2, 0) is 6.61 Å². The molecule has 0 aliphatic carbocycles. The van der Waals surface area contributed by atoms with Gasteiger partial charge in [0.2, 0.25) is 0 Å². The number of H-pyrrole nitrogens is 4. The van der Waals surface area contributed by atoms with Gasteiger partial charge in [-0.2, -0.15) is 0 Å². The summed E-state index contributed by atoms with van der Waals surface area (Å²) in [6.45, 7) is 4.27. The molecule has 42 heavy (non-hydrogen) atoms. The first-order valence-corrected chi connectivity index (χ1v) is 14.0. The van der Waals surface area contributed by atoms with E-state index >= 15 is 0 Å². The molecule has 4 aromatic carbocycles. The van der Waals surface area contributed by atoms with Gasteiger partial charge in [-0.05, 0) is 48.7 Å². The van der Waals surface area contributed by atoms with Gasteiger partial charge in [0.15, 0.2) is 0 Å². The maximum absolute atomic E-state index is 13.7. The van der Waals surface area contributed by atoms with Crippen LogP contribution in [0.2, 0.25) is 5.02 Å². The zero-order valence-corrected chi connectivity index (χ0v) is 23.9. The molecule has 7 nitrogen and oxygen atoms in total. The third kappa shape index (κ3) is 5.34. The quantitative estimate of drug-likeness (QED) is 0.155. The number of benzene rings is 4. The molecular formula is C34H29ClN4O3. The van der Waals surface area contributed by atoms with Crippen LogP contribution < -0.4 is 15.9 Å². The Morgan fingerprint density at radius 3 is 1.76 bits per heavy atom. The number of aryl methyl sites for hydroxylation is 2. The van der Waals surface area contributed by atoms with Gasteiger partial charge >= 0.3 is 0 Å². The largest absolute Gasteiger partial charge is 0.489 e. The summed E-state index contributed by atoms with van der Waals surface area (Å²) in [6.07, 6.45) is 0. The van der Waals surface area contributed by atoms with Gasteiger partial charge in [-0.15, -0.1) is 0 Å². The molecule has 0 radical (unpaired) electrons. The Balaban J connectivity index is 1.57. The van der Waals surface area contributed by atoms with Crippen LogP contribution in [0.15, 0.2) is 107 Å². The van der Waals surface area contributed by atoms with Gasteiger partial charge in [0.1, 0.15) is 12.4 Å². The Kier molecular flexibility index (Phi) is 7.42. The number of nitrogens with one attached hydrogen (secondary N) is 4. The zero-order chi connectivity index (χ0) is 29.2. The summed E-state index contributed by atoms with van der Waals surface area (Å²) >= 11 is 6.21. The van der Waals surface area contributed by atoms with E-state index in [1.165, 1.54) is 0 Å². The van der Waals surface area contributed by atoms with E-state index in [2.05, 4.69) is 20.4 Å². The van der Waals surface area contributed by atoms with Crippen LogP contribution in [0.5, 0.6) is 5.75 Å². The maximum atomic E-state index is 13.7. The first kappa shape index (κ1) is 27.2. The molecular weight excluding hydrogens is 548 g/mol. The van der Waals surface area contributed by atoms with Crippen LogP contribution >= 0.6 is 11.6 Å². The predicted molar refractivity (Wildman–Crippen MR) is 166 cm³/mol. The Bertz CT molecular complexity index is 1870. The van der Waals surface area contributed by atoms with Crippen molar-refractivity contribution >= 4 is 11.6 Å². The number of hydrogen-bond acceptors (Lipinski definition) is 3. The molecule has 0 saturated heterocycles. The Hall–Kier alpha value is -5.01. The van der Waals surface area contributed by atoms with Gasteiger partial charge in [0, 0.05) is 10.6 Å². The molecule has 0 aliphatic rings. The van der Waals surface area contributed by atoms with Crippen LogP contribution in [0.25, 0.3) is 22.5 Å². The lowest BCUT2D eigenvalue weighted by molar-refractivity contribution is 0.302. The highest BCUT2D eigenvalue weighted by atomic mass is 35.5. The van der Waals surface area contributed by atoms with Crippen LogP contribution in [0.3, 0.4) is 0 Å². The number of aromatic nitrogens is 4. The highest BCUT2D eigenvalue weighted by Crippen LogP contribution is 2.41. The molecule has 2 heterocycles. The van der Waals surface area contributed by atoms with Gasteiger partial charge in [0.25, 0.3) is 11.1 Å². The molecule has 0 atom stereocenters. The standard InChI is InChI=1S/C34H29ClN4O3/c1-20-10-14-23(15-11-20)31-29(33(40)38-36-31)28(30-32(37-39-34(30)41)24-16-12-21(2)13-17-24)26-8-3-4-9-27(26)42-19-22-6-5-7-25(35)18-22/h3-18,28H,19H2,1-2H3,(H2,36,38,40)(H2,37,39,41). The molecule has 0 unspecified atom stereocenters. The van der Waals surface area contributed by atoms with E-state index in [0.29, 0.717) is 38.9 Å². The van der Waals surface area contributed by atoms with Crippen molar-refractivity contribution in [1.82, 2.24) is 20.4 Å². The number of halogens is 1. The molecule has 0 saturated carbocycles. The van der Waals surface area contributed by atoms with E-state index in [4.69, 9.17) is 16.3 Å². The van der Waals surface area contributed by atoms with Crippen molar-refractivity contribution in [3.05, 3.63) is 156 Å². The molecule has 6 aromatic rings. The van der Waals surface area contributed by atoms with Gasteiger partial charge in [-0.3, -0.25) is 30.0 Å². The molecule has 2 aromatic heterocycles. The lowest BCUT2D eigenvalue weighted by atomic mass is 9.82. The number of hydrogen-bond donors (Lipinski definition) is 4. The van der Waals surface area contributed by atoms with Crippen LogP contribution in [-0.4, -0.2) is 20.4 Å². The van der Waals surface area contributed by atoms with E-state index in [9.17, 15) is 9.59 Å². The SMILES string of the molecule is Cc1ccc(-c2[nH][nH]c(=O)c2C(c2ccccc2OCc2cccc(Cl)c2)c2c(-c3ccc(C)cc3)[nH][nH]c2=O)cc1. The molecule has 0 bridgehead atoms. The van der Waals surface area contributed by atoms with Crippen molar-refractivity contribution in [2.75, 3.05) is 0 Å². The summed E-state index contributed by atoms with van der Waals surface area (Å²) in [5.41, 5.74) is 6.79. The van der Waals surface area contributed by atoms with E-state index in [1.54, 1.807) is 0 Å². The number of para-hydroxylation sites is 1. The van der Waals surface area contributed by atoms with Crippen molar-refractivity contribution in [1.29, 1.82) is 0 Å². The topological polar surface area (TPSA) is 107 Å². The van der Waals surface area contributed by atoms with Crippen LogP contribution in [0, 0.1) is 13.8 Å². The fourth-order valence-electron chi connectivity index (χ4n) is 5.28. The third-order valence-electron chi connectivity index (χ3n) is 7.40. The minimum atomic E-state index is -0.779. The summed E-state index contributed by atoms with van der Waals surface area (Å²) in [7, 11) is 0. The zero-order valence-electron chi connectivity index (χ0n) is 23.1. The second-order valence-corrected chi connectivity index (χ2v) is 10.8. The van der Waals surface area contributed by atoms with Crippen LogP contribution in [0.1, 0.15) is 39.3 Å². The minimum Gasteiger partial charge on any atom is -0.489 e. The Labute approximate surface area is 247 Å². The molecule has 6 rings (SSSR count). The van der Waals surface area contributed by atoms with E-state index in [0.717, 1.165) is 27.8 Å². The first-order valence-electron chi connectivity index (χ1n) is 13.6. The fourth-order valence-corrected chi connectivity index (χ4v) is 5.49. The number of aromatic amines is 4. The average molecular weight is 577 g/mol. The second kappa shape index (κ2) is 11.5. The summed E-state index contributed by atoms with van der Waals surface area (Å²) in [5.74, 6) is -0.230. The van der Waals surface area contributed by atoms with Crippen molar-refractivity contribution in [3.63, 3.8) is 0 Å². The lowest BCUT2D eigenvalue weighted by Crippen LogP contribution is -2.20.